The molecule has 0 bridgehead atoms. The van der Waals surface area contributed by atoms with Gasteiger partial charge in [0.25, 0.3) is 0 Å². The normalized spacial score (nSPS) is 15.7. The molecule has 0 aromatic carbocycles. The molecular weight excluding hydrogens is 296 g/mol. The summed E-state index contributed by atoms with van der Waals surface area (Å²) >= 11 is 0.951. The molecule has 1 aliphatic carbocycles. The van der Waals surface area contributed by atoms with Crippen LogP contribution in [0.5, 0.6) is 0 Å². The van der Waals surface area contributed by atoms with Crippen LogP contribution in [0.4, 0.5) is 28.3 Å². The Bertz CT molecular complexity index is 526. The number of halogens is 4. The molecule has 3 N–H and O–H groups in total. The van der Waals surface area contributed by atoms with Gasteiger partial charge in [-0.1, -0.05) is 0 Å². The lowest BCUT2D eigenvalue weighted by Crippen LogP contribution is -2.34. The number of nitrogen functional groups attached to an aromatic ring is 1. The van der Waals surface area contributed by atoms with Crippen molar-refractivity contribution in [3.8, 4) is 0 Å². The van der Waals surface area contributed by atoms with E-state index in [2.05, 4.69) is 5.32 Å². The summed E-state index contributed by atoms with van der Waals surface area (Å²) in [5.41, 5.74) is 6.76. The monoisotopic (exact) mass is 310 g/mol. The Morgan fingerprint density at radius 1 is 1.50 bits per heavy atom. The minimum Gasteiger partial charge on any atom is -0.397 e. The van der Waals surface area contributed by atoms with E-state index in [0.29, 0.717) is 10.6 Å². The number of Topliss-reactive ketones (excluding diaryl/α,β-unsaturated/α-hetero) is 1. The molecule has 3 nitrogen and oxygen atoms in total. The molecule has 2 rings (SSSR count). The van der Waals surface area contributed by atoms with Gasteiger partial charge in [-0.05, 0) is 18.8 Å². The van der Waals surface area contributed by atoms with E-state index in [-0.39, 0.29) is 22.3 Å². The Hall–Kier alpha value is -1.31. The summed E-state index contributed by atoms with van der Waals surface area (Å²) in [6.45, 7) is 0.151. The van der Waals surface area contributed by atoms with E-state index in [4.69, 9.17) is 5.73 Å². The van der Waals surface area contributed by atoms with Crippen LogP contribution in [0.2, 0.25) is 0 Å². The van der Waals surface area contributed by atoms with Crippen molar-refractivity contribution in [1.82, 2.24) is 0 Å². The van der Waals surface area contributed by atoms with E-state index in [1.54, 1.807) is 0 Å². The van der Waals surface area contributed by atoms with Crippen LogP contribution in [0, 0.1) is 0 Å². The summed E-state index contributed by atoms with van der Waals surface area (Å²) in [6.07, 6.45) is -2.01. The van der Waals surface area contributed by atoms with Gasteiger partial charge in [-0.15, -0.1) is 11.3 Å². The molecule has 0 aliphatic heterocycles. The first-order chi connectivity index (χ1) is 9.24. The summed E-state index contributed by atoms with van der Waals surface area (Å²) in [5.74, 6) is -4.25. The largest absolute Gasteiger partial charge is 0.397 e. The molecule has 0 unspecified atom stereocenters. The van der Waals surface area contributed by atoms with Gasteiger partial charge in [0.1, 0.15) is 0 Å². The van der Waals surface area contributed by atoms with Crippen LogP contribution >= 0.6 is 11.3 Å². The number of ketones is 1. The first-order valence-corrected chi connectivity index (χ1v) is 6.88. The van der Waals surface area contributed by atoms with Gasteiger partial charge in [0, 0.05) is 12.5 Å². The molecule has 0 saturated heterocycles. The summed E-state index contributed by atoms with van der Waals surface area (Å²) in [5, 5.41) is 2.63. The highest BCUT2D eigenvalue weighted by Gasteiger charge is 2.41. The molecule has 20 heavy (non-hydrogen) atoms. The fraction of sp³-hybridized carbons (Fsp3) is 0.583. The van der Waals surface area contributed by atoms with Crippen molar-refractivity contribution in [2.24, 2.45) is 0 Å². The third-order valence-corrected chi connectivity index (χ3v) is 4.37. The van der Waals surface area contributed by atoms with Crippen LogP contribution in [-0.4, -0.2) is 24.7 Å². The highest BCUT2D eigenvalue weighted by Crippen LogP contribution is 2.51. The summed E-state index contributed by atoms with van der Waals surface area (Å²) in [4.78, 5) is 11.7. The summed E-state index contributed by atoms with van der Waals surface area (Å²) in [7, 11) is 0. The Kier molecular flexibility index (Phi) is 3.95. The minimum atomic E-state index is -4.12. The van der Waals surface area contributed by atoms with Gasteiger partial charge in [-0.25, -0.2) is 8.78 Å². The highest BCUT2D eigenvalue weighted by molar-refractivity contribution is 7.18. The SMILES string of the molecule is CC(=O)c1sc(NCC(F)(F)C(F)F)c(C2CC2)c1N. The minimum absolute atomic E-state index is 0.127. The number of nitrogens with two attached hydrogens (primary N) is 1. The van der Waals surface area contributed by atoms with Crippen LogP contribution in [0.3, 0.4) is 0 Å². The fourth-order valence-corrected chi connectivity index (χ4v) is 3.00. The maximum atomic E-state index is 12.9. The lowest BCUT2D eigenvalue weighted by atomic mass is 10.1. The molecule has 1 fully saturated rings. The molecule has 0 spiro atoms. The van der Waals surface area contributed by atoms with Crippen molar-refractivity contribution in [1.29, 1.82) is 0 Å². The Balaban J connectivity index is 2.23. The van der Waals surface area contributed by atoms with Gasteiger partial charge < -0.3 is 11.1 Å². The standard InChI is InChI=1S/C12H14F4N2OS/c1-5(19)9-8(17)7(6-2-3-6)10(20-9)18-4-12(15,16)11(13)14/h6,11,18H,2-4,17H2,1H3. The fourth-order valence-electron chi connectivity index (χ4n) is 1.90. The molecule has 1 aliphatic rings. The summed E-state index contributed by atoms with van der Waals surface area (Å²) in [6, 6.07) is 0. The average Bonchev–Trinajstić information content (AvgIpc) is 3.11. The topological polar surface area (TPSA) is 55.1 Å². The van der Waals surface area contributed by atoms with Crippen molar-refractivity contribution in [2.45, 2.75) is 38.0 Å². The number of rotatable bonds is 6. The van der Waals surface area contributed by atoms with Crippen molar-refractivity contribution in [3.63, 3.8) is 0 Å². The van der Waals surface area contributed by atoms with Crippen LogP contribution in [-0.2, 0) is 0 Å². The van der Waals surface area contributed by atoms with Gasteiger partial charge in [0.05, 0.1) is 22.1 Å². The van der Waals surface area contributed by atoms with E-state index in [1.807, 2.05) is 0 Å². The maximum Gasteiger partial charge on any atom is 0.324 e. The first kappa shape index (κ1) is 15.1. The van der Waals surface area contributed by atoms with Crippen molar-refractivity contribution >= 4 is 27.8 Å². The van der Waals surface area contributed by atoms with Gasteiger partial charge in [0.2, 0.25) is 0 Å². The number of anilines is 2. The second-order valence-electron chi connectivity index (χ2n) is 4.83. The molecule has 1 heterocycles. The lowest BCUT2D eigenvalue weighted by molar-refractivity contribution is -0.117. The van der Waals surface area contributed by atoms with E-state index < -0.39 is 18.9 Å². The number of nitrogens with one attached hydrogen (secondary N) is 1. The molecule has 112 valence electrons. The zero-order valence-corrected chi connectivity index (χ0v) is 11.5. The van der Waals surface area contributed by atoms with E-state index >= 15 is 0 Å². The molecule has 0 amide bonds. The van der Waals surface area contributed by atoms with E-state index in [9.17, 15) is 22.4 Å². The number of carbonyl (C=O) groups is 1. The van der Waals surface area contributed by atoms with E-state index in [0.717, 1.165) is 24.2 Å². The average molecular weight is 310 g/mol. The number of hydrogen-bond donors (Lipinski definition) is 2. The maximum absolute atomic E-state index is 12.9. The molecule has 1 saturated carbocycles. The number of thiophene rings is 1. The van der Waals surface area contributed by atoms with Gasteiger partial charge in [-0.3, -0.25) is 4.79 Å². The van der Waals surface area contributed by atoms with Crippen LogP contribution < -0.4 is 11.1 Å². The highest BCUT2D eigenvalue weighted by atomic mass is 32.1. The number of hydrogen-bond acceptors (Lipinski definition) is 4. The zero-order chi connectivity index (χ0) is 15.1. The molecule has 0 atom stereocenters. The second kappa shape index (κ2) is 5.23. The quantitative estimate of drug-likeness (QED) is 0.622. The predicted octanol–water partition coefficient (Wildman–Crippen LogP) is 3.72. The number of carbonyl (C=O) groups excluding carboxylic acids is 1. The van der Waals surface area contributed by atoms with E-state index in [1.165, 1.54) is 6.92 Å². The molecular formula is C12H14F4N2OS. The Morgan fingerprint density at radius 2 is 2.10 bits per heavy atom. The first-order valence-electron chi connectivity index (χ1n) is 6.07. The van der Waals surface area contributed by atoms with Crippen molar-refractivity contribution in [2.75, 3.05) is 17.6 Å². The smallest absolute Gasteiger partial charge is 0.324 e. The number of alkyl halides is 4. The van der Waals surface area contributed by atoms with Gasteiger partial charge in [0.15, 0.2) is 5.78 Å². The van der Waals surface area contributed by atoms with Crippen LogP contribution in [0.15, 0.2) is 0 Å². The van der Waals surface area contributed by atoms with Crippen LogP contribution in [0.25, 0.3) is 0 Å². The molecule has 1 aromatic heterocycles. The van der Waals surface area contributed by atoms with Crippen molar-refractivity contribution in [3.05, 3.63) is 10.4 Å². The zero-order valence-electron chi connectivity index (χ0n) is 10.7. The van der Waals surface area contributed by atoms with Gasteiger partial charge in [-0.2, -0.15) is 8.78 Å². The molecule has 1 aromatic rings. The molecule has 8 heteroatoms. The second-order valence-corrected chi connectivity index (χ2v) is 5.85. The lowest BCUT2D eigenvalue weighted by Gasteiger charge is -2.16. The third kappa shape index (κ3) is 2.89. The predicted molar refractivity (Wildman–Crippen MR) is 70.2 cm³/mol. The summed E-state index contributed by atoms with van der Waals surface area (Å²) < 4.78 is 50.1. The Morgan fingerprint density at radius 3 is 2.55 bits per heavy atom. The van der Waals surface area contributed by atoms with Crippen LogP contribution in [0.1, 0.15) is 40.9 Å². The molecule has 0 radical (unpaired) electrons. The Labute approximate surface area is 117 Å². The van der Waals surface area contributed by atoms with Gasteiger partial charge >= 0.3 is 12.3 Å². The van der Waals surface area contributed by atoms with Crippen molar-refractivity contribution < 1.29 is 22.4 Å². The third-order valence-electron chi connectivity index (χ3n) is 3.09.